The lowest BCUT2D eigenvalue weighted by Crippen LogP contribution is -2.59. The lowest BCUT2D eigenvalue weighted by Gasteiger charge is -2.43. The Morgan fingerprint density at radius 3 is 2.10 bits per heavy atom. The molecule has 1 aromatic rings. The van der Waals surface area contributed by atoms with E-state index >= 15 is 0 Å². The molecular weight excluding hydrogens is 626 g/mol. The number of aromatic nitrogens is 2. The molecule has 1 aromatic heterocycles. The van der Waals surface area contributed by atoms with Gasteiger partial charge in [0.15, 0.2) is 32.3 Å². The molecule has 0 aliphatic carbocycles. The van der Waals surface area contributed by atoms with E-state index in [4.69, 9.17) is 23.5 Å². The number of ether oxygens (including phenoxy) is 1. The highest BCUT2D eigenvalue weighted by molar-refractivity contribution is 9.13. The Labute approximate surface area is 241 Å². The van der Waals surface area contributed by atoms with Crippen molar-refractivity contribution in [1.29, 1.82) is 0 Å². The molecule has 0 amide bonds. The number of halogens is 1. The second-order valence-electron chi connectivity index (χ2n) is 13.4. The highest BCUT2D eigenvalue weighted by Crippen LogP contribution is 2.54. The molecule has 222 valence electrons. The summed E-state index contributed by atoms with van der Waals surface area (Å²) in [4.78, 5) is 27.5. The molecule has 3 rings (SSSR count). The van der Waals surface area contributed by atoms with Gasteiger partial charge in [0.1, 0.15) is 12.2 Å². The Morgan fingerprint density at radius 1 is 1.10 bits per heavy atom. The molecule has 39 heavy (non-hydrogen) atoms. The van der Waals surface area contributed by atoms with Crippen LogP contribution < -0.4 is 17.0 Å². The summed E-state index contributed by atoms with van der Waals surface area (Å²) in [5, 5.41) is -0.444. The van der Waals surface area contributed by atoms with E-state index in [1.165, 1.54) is 10.8 Å². The average molecular weight is 669 g/mol. The number of aryl methyl sites for hydroxylation is 1. The van der Waals surface area contributed by atoms with Gasteiger partial charge < -0.3 is 19.3 Å². The van der Waals surface area contributed by atoms with Crippen molar-refractivity contribution in [2.45, 2.75) is 109 Å². The van der Waals surface area contributed by atoms with Gasteiger partial charge in [-0.1, -0.05) is 41.5 Å². The Kier molecular flexibility index (Phi) is 8.34. The minimum Gasteiger partial charge on any atom is -0.414 e. The van der Waals surface area contributed by atoms with E-state index in [-0.39, 0.29) is 31.8 Å². The van der Waals surface area contributed by atoms with Crippen LogP contribution in [-0.4, -0.2) is 59.0 Å². The first-order valence-corrected chi connectivity index (χ1v) is 20.8. The fourth-order valence-corrected chi connectivity index (χ4v) is 7.95. The van der Waals surface area contributed by atoms with Gasteiger partial charge in [-0.2, -0.15) is 8.42 Å². The number of aromatic amines is 1. The molecule has 1 saturated heterocycles. The van der Waals surface area contributed by atoms with Gasteiger partial charge in [0, 0.05) is 11.8 Å². The summed E-state index contributed by atoms with van der Waals surface area (Å²) in [6.45, 7) is 22.0. The topological polar surface area (TPSA) is 152 Å². The van der Waals surface area contributed by atoms with Crippen molar-refractivity contribution in [2.75, 3.05) is 6.61 Å². The highest BCUT2D eigenvalue weighted by atomic mass is 79.9. The number of hydrogen-bond acceptors (Lipinski definition) is 9. The largest absolute Gasteiger partial charge is 0.414 e. The van der Waals surface area contributed by atoms with Crippen molar-refractivity contribution in [3.63, 3.8) is 0 Å². The van der Waals surface area contributed by atoms with Gasteiger partial charge in [-0.15, -0.1) is 0 Å². The summed E-state index contributed by atoms with van der Waals surface area (Å²) in [6, 6.07) is 0. The molecule has 11 nitrogen and oxygen atoms in total. The van der Waals surface area contributed by atoms with Gasteiger partial charge >= 0.3 is 15.8 Å². The number of nitrogens with two attached hydrogens (primary N) is 1. The zero-order valence-corrected chi connectivity index (χ0v) is 29.0. The molecule has 2 aliphatic heterocycles. The molecule has 15 heteroatoms. The quantitative estimate of drug-likeness (QED) is 0.341. The van der Waals surface area contributed by atoms with E-state index < -0.39 is 62.0 Å². The van der Waals surface area contributed by atoms with Crippen LogP contribution in [0, 0.1) is 6.92 Å². The van der Waals surface area contributed by atoms with Crippen LogP contribution in [0.3, 0.4) is 0 Å². The van der Waals surface area contributed by atoms with Crippen molar-refractivity contribution in [2.24, 2.45) is 5.73 Å². The molecule has 2 aliphatic rings. The van der Waals surface area contributed by atoms with E-state index in [0.29, 0.717) is 0 Å². The monoisotopic (exact) mass is 667 g/mol. The van der Waals surface area contributed by atoms with E-state index in [9.17, 15) is 18.0 Å². The van der Waals surface area contributed by atoms with Crippen LogP contribution in [-0.2, 0) is 27.9 Å². The summed E-state index contributed by atoms with van der Waals surface area (Å²) < 4.78 is 52.7. The third kappa shape index (κ3) is 5.57. The van der Waals surface area contributed by atoms with Crippen molar-refractivity contribution in [3.8, 4) is 0 Å². The molecule has 0 bridgehead atoms. The summed E-state index contributed by atoms with van der Waals surface area (Å²) >= 11 is 3.11. The first-order valence-electron chi connectivity index (χ1n) is 12.8. The lowest BCUT2D eigenvalue weighted by molar-refractivity contribution is -0.0563. The van der Waals surface area contributed by atoms with Crippen LogP contribution in [0.2, 0.25) is 36.3 Å². The third-order valence-corrected chi connectivity index (χ3v) is 20.3. The lowest BCUT2D eigenvalue weighted by atomic mass is 9.89. The minimum atomic E-state index is -4.30. The molecule has 0 saturated carbocycles. The normalized spacial score (nSPS) is 28.1. The maximum Gasteiger partial charge on any atom is 0.330 e. The third-order valence-electron chi connectivity index (χ3n) is 8.61. The molecule has 3 N–H and O–H groups in total. The van der Waals surface area contributed by atoms with Crippen LogP contribution in [0.5, 0.6) is 0 Å². The van der Waals surface area contributed by atoms with Crippen LogP contribution in [0.4, 0.5) is 0 Å². The van der Waals surface area contributed by atoms with Crippen LogP contribution in [0.15, 0.2) is 25.3 Å². The summed E-state index contributed by atoms with van der Waals surface area (Å²) in [6.07, 6.45) is -2.03. The van der Waals surface area contributed by atoms with Gasteiger partial charge in [0.25, 0.3) is 5.56 Å². The molecule has 4 atom stereocenters. The number of nitrogens with one attached hydrogen (secondary N) is 1. The van der Waals surface area contributed by atoms with Gasteiger partial charge in [-0.25, -0.2) is 8.98 Å². The fraction of sp³-hybridized carbons (Fsp3) is 0.750. The van der Waals surface area contributed by atoms with Crippen LogP contribution >= 0.6 is 15.9 Å². The van der Waals surface area contributed by atoms with Crippen molar-refractivity contribution in [3.05, 3.63) is 42.1 Å². The predicted octanol–water partition coefficient (Wildman–Crippen LogP) is 3.78. The Balaban J connectivity index is 2.29. The molecule has 0 aromatic carbocycles. The summed E-state index contributed by atoms with van der Waals surface area (Å²) in [5.74, 6) is 0. The molecule has 1 fully saturated rings. The number of hydrogen-bond donors (Lipinski definition) is 2. The van der Waals surface area contributed by atoms with Crippen molar-refractivity contribution in [1.82, 2.24) is 9.55 Å². The highest BCUT2D eigenvalue weighted by Gasteiger charge is 2.69. The zero-order valence-electron chi connectivity index (χ0n) is 24.6. The molecule has 1 spiro atoms. The molecule has 3 heterocycles. The SMILES string of the molecule is Cc1cn([C@@H]2O[C@H](CO[Si](C)(C)C(C)(C)C)[C@@]3(OS(=O)(=O)C(Br)=C3N)[C@H]2O[Si](C)(C)C(C)(C)C)c(=O)[nH]c1=O. The zero-order chi connectivity index (χ0) is 30.1. The predicted molar refractivity (Wildman–Crippen MR) is 158 cm³/mol. The number of H-pyrrole nitrogens is 1. The van der Waals surface area contributed by atoms with Gasteiger partial charge in [-0.3, -0.25) is 14.3 Å². The summed E-state index contributed by atoms with van der Waals surface area (Å²) in [7, 11) is -9.31. The first kappa shape index (κ1) is 32.4. The van der Waals surface area contributed by atoms with Crippen LogP contribution in [0.25, 0.3) is 0 Å². The standard InChI is InChI=1S/C24H42BrN3O8SSi2/c1-14-12-28(21(30)27-19(14)29)20-17(35-39(10,11)23(5,6)7)24(16(26)18(25)37(31,32)36-24)15(34-20)13-33-38(8,9)22(2,3)4/h12,15,17,20H,13,26H2,1-11H3,(H,27,29,30)/t15-,17+,20-,24+/m1/s1. The number of nitrogens with zero attached hydrogens (tertiary/aromatic N) is 1. The Bertz CT molecular complexity index is 1390. The molecule has 0 unspecified atom stereocenters. The van der Waals surface area contributed by atoms with E-state index in [1.807, 2.05) is 33.9 Å². The van der Waals surface area contributed by atoms with E-state index in [1.54, 1.807) is 6.92 Å². The first-order chi connectivity index (χ1) is 17.4. The van der Waals surface area contributed by atoms with Gasteiger partial charge in [0.05, 0.1) is 12.3 Å². The van der Waals surface area contributed by atoms with Gasteiger partial charge in [0.2, 0.25) is 0 Å². The molecule has 0 radical (unpaired) electrons. The van der Waals surface area contributed by atoms with E-state index in [2.05, 4.69) is 54.8 Å². The fourth-order valence-electron chi connectivity index (χ4n) is 4.00. The summed E-state index contributed by atoms with van der Waals surface area (Å²) in [5.41, 5.74) is 3.60. The second-order valence-corrected chi connectivity index (χ2v) is 25.7. The second kappa shape index (κ2) is 10.0. The number of rotatable bonds is 6. The molecular formula is C24H42BrN3O8SSi2. The average Bonchev–Trinajstić information content (AvgIpc) is 3.14. The Morgan fingerprint density at radius 2 is 1.64 bits per heavy atom. The Hall–Kier alpha value is -1.08. The maximum absolute atomic E-state index is 13.1. The van der Waals surface area contributed by atoms with Crippen LogP contribution in [0.1, 0.15) is 53.3 Å². The van der Waals surface area contributed by atoms with Crippen molar-refractivity contribution < 1.29 is 26.2 Å². The van der Waals surface area contributed by atoms with E-state index in [0.717, 1.165) is 0 Å². The van der Waals surface area contributed by atoms with Crippen molar-refractivity contribution >= 4 is 42.7 Å². The van der Waals surface area contributed by atoms with Gasteiger partial charge in [-0.05, 0) is 59.1 Å². The maximum atomic E-state index is 13.1. The minimum absolute atomic E-state index is 0.0576. The smallest absolute Gasteiger partial charge is 0.330 e.